The van der Waals surface area contributed by atoms with E-state index in [2.05, 4.69) is 4.98 Å². The molecule has 0 N–H and O–H groups in total. The Morgan fingerprint density at radius 1 is 0.884 bits per heavy atom. The largest absolute Gasteiger partial charge is 0.460 e. The predicted octanol–water partition coefficient (Wildman–Crippen LogP) is 5.63. The van der Waals surface area contributed by atoms with Crippen LogP contribution in [-0.4, -0.2) is 97.3 Å². The van der Waals surface area contributed by atoms with Crippen LogP contribution in [0.15, 0.2) is 18.2 Å². The van der Waals surface area contributed by atoms with Crippen molar-refractivity contribution in [1.82, 2.24) is 14.8 Å². The van der Waals surface area contributed by atoms with Crippen molar-refractivity contribution in [3.05, 3.63) is 23.2 Å². The van der Waals surface area contributed by atoms with E-state index in [1.807, 2.05) is 19.9 Å². The third-order valence-corrected chi connectivity index (χ3v) is 6.00. The normalized spacial score (nSPS) is 11.2. The van der Waals surface area contributed by atoms with E-state index in [0.717, 1.165) is 4.70 Å². The van der Waals surface area contributed by atoms with Gasteiger partial charge in [0.25, 0.3) is 0 Å². The molecular formula is C30H46N4O8S. The molecule has 0 radical (unpaired) electrons. The molecule has 0 unspecified atom stereocenters. The highest BCUT2D eigenvalue weighted by molar-refractivity contribution is 7.19. The minimum atomic E-state index is -0.645. The summed E-state index contributed by atoms with van der Waals surface area (Å²) in [6, 6.07) is 6.95. The predicted molar refractivity (Wildman–Crippen MR) is 164 cm³/mol. The first-order valence-electron chi connectivity index (χ1n) is 14.3. The van der Waals surface area contributed by atoms with Gasteiger partial charge in [0.15, 0.2) is 5.01 Å². The number of thiazole rings is 1. The SMILES string of the molecule is CC.CN(CCN(CCOCCOCCC(=O)OC(C)(C)C)C(=O)Oc1ccc2nc(C#N)sc2c1)C(=O)OC(C)(C)C. The van der Waals surface area contributed by atoms with Crippen molar-refractivity contribution in [2.24, 2.45) is 0 Å². The van der Waals surface area contributed by atoms with Crippen LogP contribution in [0.1, 0.15) is 66.8 Å². The lowest BCUT2D eigenvalue weighted by atomic mass is 10.2. The number of benzene rings is 1. The number of carbonyl (C=O) groups excluding carboxylic acids is 3. The second-order valence-electron chi connectivity index (χ2n) is 11.1. The minimum absolute atomic E-state index is 0.146. The third-order valence-electron chi connectivity index (χ3n) is 5.08. The van der Waals surface area contributed by atoms with E-state index >= 15 is 0 Å². The maximum absolute atomic E-state index is 13.1. The number of likely N-dealkylation sites (N-methyl/N-ethyl adjacent to an activating group) is 1. The molecule has 1 aromatic heterocycles. The van der Waals surface area contributed by atoms with E-state index in [1.165, 1.54) is 21.1 Å². The zero-order valence-electron chi connectivity index (χ0n) is 26.9. The van der Waals surface area contributed by atoms with Crippen molar-refractivity contribution in [1.29, 1.82) is 5.26 Å². The average molecular weight is 623 g/mol. The second-order valence-corrected chi connectivity index (χ2v) is 12.1. The van der Waals surface area contributed by atoms with Crippen molar-refractivity contribution in [3.8, 4) is 11.8 Å². The number of nitriles is 1. The van der Waals surface area contributed by atoms with Crippen molar-refractivity contribution in [2.45, 2.75) is 73.0 Å². The summed E-state index contributed by atoms with van der Waals surface area (Å²) in [6.07, 6.45) is -0.980. The number of rotatable bonds is 13. The standard InChI is InChI=1S/C28H40N4O8S.C2H6/c1-27(2,3)39-24(33)10-14-36-16-17-37-15-13-32(12-11-31(7)25(34)40-28(4,5)6)26(35)38-20-8-9-21-22(18-20)41-23(19-29)30-21;1-2/h8-9,18H,10-17H2,1-7H3;1-2H3. The molecule has 0 saturated carbocycles. The Hall–Kier alpha value is -3.47. The van der Waals surface area contributed by atoms with Crippen LogP contribution in [-0.2, 0) is 23.7 Å². The Balaban J connectivity index is 0.00000452. The number of hydrogen-bond donors (Lipinski definition) is 0. The van der Waals surface area contributed by atoms with Gasteiger partial charge in [-0.1, -0.05) is 13.8 Å². The molecule has 12 nitrogen and oxygen atoms in total. The van der Waals surface area contributed by atoms with Gasteiger partial charge in [0.05, 0.1) is 43.1 Å². The fourth-order valence-corrected chi connectivity index (χ4v) is 4.01. The Bertz CT molecular complexity index is 1210. The summed E-state index contributed by atoms with van der Waals surface area (Å²) in [5, 5.41) is 9.40. The smallest absolute Gasteiger partial charge is 0.415 e. The van der Waals surface area contributed by atoms with Crippen LogP contribution in [0, 0.1) is 11.3 Å². The van der Waals surface area contributed by atoms with Gasteiger partial charge in [0.2, 0.25) is 0 Å². The number of fused-ring (bicyclic) bond motifs is 1. The Kier molecular flexibility index (Phi) is 15.9. The third kappa shape index (κ3) is 15.5. The molecule has 240 valence electrons. The van der Waals surface area contributed by atoms with Crippen LogP contribution < -0.4 is 4.74 Å². The molecule has 13 heteroatoms. The Morgan fingerprint density at radius 3 is 2.12 bits per heavy atom. The molecular weight excluding hydrogens is 576 g/mol. The molecule has 2 amide bonds. The van der Waals surface area contributed by atoms with Crippen LogP contribution in [0.25, 0.3) is 10.2 Å². The zero-order chi connectivity index (χ0) is 32.6. The molecule has 2 rings (SSSR count). The number of amides is 2. The van der Waals surface area contributed by atoms with Gasteiger partial charge in [-0.25, -0.2) is 14.6 Å². The molecule has 0 spiro atoms. The summed E-state index contributed by atoms with van der Waals surface area (Å²) in [6.45, 7) is 16.3. The highest BCUT2D eigenvalue weighted by atomic mass is 32.1. The average Bonchev–Trinajstić information content (AvgIpc) is 3.33. The van der Waals surface area contributed by atoms with E-state index in [-0.39, 0.29) is 58.5 Å². The number of hydrogen-bond acceptors (Lipinski definition) is 11. The lowest BCUT2D eigenvalue weighted by Crippen LogP contribution is -2.43. The molecule has 1 aromatic carbocycles. The summed E-state index contributed by atoms with van der Waals surface area (Å²) in [5.74, 6) is -0.0237. The maximum Gasteiger partial charge on any atom is 0.415 e. The summed E-state index contributed by atoms with van der Waals surface area (Å²) < 4.78 is 28.0. The monoisotopic (exact) mass is 622 g/mol. The topological polar surface area (TPSA) is 141 Å². The van der Waals surface area contributed by atoms with Gasteiger partial charge >= 0.3 is 18.2 Å². The highest BCUT2D eigenvalue weighted by Gasteiger charge is 2.22. The van der Waals surface area contributed by atoms with Crippen molar-refractivity contribution in [2.75, 3.05) is 53.1 Å². The number of aromatic nitrogens is 1. The lowest BCUT2D eigenvalue weighted by molar-refractivity contribution is -0.156. The van der Waals surface area contributed by atoms with Crippen LogP contribution in [0.3, 0.4) is 0 Å². The van der Waals surface area contributed by atoms with E-state index in [1.54, 1.807) is 66.8 Å². The second kappa shape index (κ2) is 18.3. The first-order valence-corrected chi connectivity index (χ1v) is 15.1. The number of ether oxygens (including phenoxy) is 5. The molecule has 2 aromatic rings. The molecule has 0 aliphatic carbocycles. The van der Waals surface area contributed by atoms with Crippen molar-refractivity contribution in [3.63, 3.8) is 0 Å². The quantitative estimate of drug-likeness (QED) is 0.204. The Morgan fingerprint density at radius 2 is 1.51 bits per heavy atom. The molecule has 43 heavy (non-hydrogen) atoms. The Labute approximate surface area is 258 Å². The molecule has 0 aliphatic rings. The molecule has 0 aliphatic heterocycles. The van der Waals surface area contributed by atoms with Gasteiger partial charge in [-0.05, 0) is 53.7 Å². The van der Waals surface area contributed by atoms with Crippen molar-refractivity contribution >= 4 is 39.7 Å². The van der Waals surface area contributed by atoms with Gasteiger partial charge in [-0.3, -0.25) is 4.79 Å². The number of nitrogens with zero attached hydrogens (tertiary/aromatic N) is 4. The first kappa shape index (κ1) is 37.6. The van der Waals surface area contributed by atoms with Crippen LogP contribution in [0.4, 0.5) is 9.59 Å². The summed E-state index contributed by atoms with van der Waals surface area (Å²) in [4.78, 5) is 44.2. The molecule has 1 heterocycles. The van der Waals surface area contributed by atoms with Crippen LogP contribution in [0.5, 0.6) is 5.75 Å². The van der Waals surface area contributed by atoms with E-state index in [9.17, 15) is 14.4 Å². The minimum Gasteiger partial charge on any atom is -0.460 e. The van der Waals surface area contributed by atoms with Gasteiger partial charge in [0, 0.05) is 32.7 Å². The molecule has 0 atom stereocenters. The fraction of sp³-hybridized carbons (Fsp3) is 0.633. The number of esters is 1. The van der Waals surface area contributed by atoms with Crippen molar-refractivity contribution < 1.29 is 38.1 Å². The lowest BCUT2D eigenvalue weighted by Gasteiger charge is -2.27. The summed E-state index contributed by atoms with van der Waals surface area (Å²) in [7, 11) is 1.59. The van der Waals surface area contributed by atoms with Gasteiger partial charge in [-0.15, -0.1) is 11.3 Å². The highest BCUT2D eigenvalue weighted by Crippen LogP contribution is 2.26. The van der Waals surface area contributed by atoms with E-state index in [4.69, 9.17) is 28.9 Å². The van der Waals surface area contributed by atoms with Gasteiger partial charge < -0.3 is 33.5 Å². The van der Waals surface area contributed by atoms with Crippen LogP contribution in [0.2, 0.25) is 0 Å². The summed E-state index contributed by atoms with van der Waals surface area (Å²) >= 11 is 1.20. The molecule has 0 saturated heterocycles. The van der Waals surface area contributed by atoms with Gasteiger partial charge in [0.1, 0.15) is 23.0 Å². The van der Waals surface area contributed by atoms with Gasteiger partial charge in [-0.2, -0.15) is 5.26 Å². The molecule has 0 bridgehead atoms. The van der Waals surface area contributed by atoms with Crippen LogP contribution >= 0.6 is 11.3 Å². The first-order chi connectivity index (χ1) is 20.2. The van der Waals surface area contributed by atoms with E-state index in [0.29, 0.717) is 16.3 Å². The fourth-order valence-electron chi connectivity index (χ4n) is 3.22. The zero-order valence-corrected chi connectivity index (χ0v) is 27.7. The van der Waals surface area contributed by atoms with E-state index < -0.39 is 23.4 Å². The summed E-state index contributed by atoms with van der Waals surface area (Å²) in [5.41, 5.74) is -0.541. The maximum atomic E-state index is 13.1. The molecule has 0 fully saturated rings. The number of carbonyl (C=O) groups is 3.